The van der Waals surface area contributed by atoms with Crippen LogP contribution in [0.4, 0.5) is 0 Å². The number of nitrogens with zero attached hydrogens (tertiary/aromatic N) is 1. The first-order valence-electron chi connectivity index (χ1n) is 14.6. The second-order valence-corrected chi connectivity index (χ2v) is 10.6. The van der Waals surface area contributed by atoms with Crippen molar-refractivity contribution in [2.24, 2.45) is 0 Å². The summed E-state index contributed by atoms with van der Waals surface area (Å²) in [5.74, 6) is 0.816. The fourth-order valence-corrected chi connectivity index (χ4v) is 5.26. The van der Waals surface area contributed by atoms with Gasteiger partial charge in [0.1, 0.15) is 17.6 Å². The molecule has 0 fully saturated rings. The van der Waals surface area contributed by atoms with Crippen LogP contribution in [-0.2, 0) is 4.79 Å². The third-order valence-electron chi connectivity index (χ3n) is 7.61. The van der Waals surface area contributed by atoms with E-state index in [1.165, 1.54) is 22.3 Å². The van der Waals surface area contributed by atoms with Crippen molar-refractivity contribution in [3.63, 3.8) is 0 Å². The first-order valence-corrected chi connectivity index (χ1v) is 14.6. The van der Waals surface area contributed by atoms with Gasteiger partial charge in [0.25, 0.3) is 0 Å². The lowest BCUT2D eigenvalue weighted by atomic mass is 9.93. The molecule has 2 aromatic carbocycles. The summed E-state index contributed by atoms with van der Waals surface area (Å²) in [4.78, 5) is 11.4. The molecule has 1 aliphatic rings. The molecule has 0 saturated heterocycles. The Morgan fingerprint density at radius 3 is 2.58 bits per heavy atom. The maximum atomic E-state index is 11.4. The van der Waals surface area contributed by atoms with E-state index in [1.807, 2.05) is 18.2 Å². The lowest BCUT2D eigenvalue weighted by molar-refractivity contribution is -0.117. The molecule has 1 unspecified atom stereocenters. The van der Waals surface area contributed by atoms with Gasteiger partial charge in [0.05, 0.1) is 11.7 Å². The Labute approximate surface area is 241 Å². The standard InChI is InChI=1S/C36H44N2O2/c1-7-12-33(15-10-13-26(5)39)40-36-20-18-30(22-32(36)23-37)34-16-11-14-29(27(34)6)21-25(4)35-19-17-31(24-38-35)28(8-2)9-3/h8,11,14,16-22,33,38H,7,9-10,12-13,15,24H2,1-6H3/b25-21+,28-8-. The maximum Gasteiger partial charge on any atom is 0.137 e. The summed E-state index contributed by atoms with van der Waals surface area (Å²) in [6, 6.07) is 14.6. The molecule has 0 bridgehead atoms. The quantitative estimate of drug-likeness (QED) is 0.277. The van der Waals surface area contributed by atoms with Crippen molar-refractivity contribution in [1.29, 1.82) is 5.26 Å². The molecule has 1 aliphatic heterocycles. The number of carbonyl (C=O) groups is 1. The number of ether oxygens (including phenoxy) is 1. The third kappa shape index (κ3) is 8.09. The number of dihydropyridines is 1. The number of rotatable bonds is 13. The topological polar surface area (TPSA) is 62.1 Å². The van der Waals surface area contributed by atoms with Gasteiger partial charge in [-0.15, -0.1) is 0 Å². The van der Waals surface area contributed by atoms with Crippen molar-refractivity contribution >= 4 is 11.9 Å². The molecular weight excluding hydrogens is 492 g/mol. The zero-order valence-corrected chi connectivity index (χ0v) is 25.1. The molecule has 1 N–H and O–H groups in total. The highest BCUT2D eigenvalue weighted by Gasteiger charge is 2.15. The number of nitriles is 1. The van der Waals surface area contributed by atoms with Crippen LogP contribution < -0.4 is 10.1 Å². The summed E-state index contributed by atoms with van der Waals surface area (Å²) in [5.41, 5.74) is 10.0. The van der Waals surface area contributed by atoms with Gasteiger partial charge in [-0.25, -0.2) is 0 Å². The van der Waals surface area contributed by atoms with Gasteiger partial charge in [0.2, 0.25) is 0 Å². The summed E-state index contributed by atoms with van der Waals surface area (Å²) in [6.07, 6.45) is 13.9. The summed E-state index contributed by atoms with van der Waals surface area (Å²) in [5, 5.41) is 13.5. The Bertz CT molecular complexity index is 1370. The van der Waals surface area contributed by atoms with Crippen molar-refractivity contribution in [2.75, 3.05) is 6.54 Å². The highest BCUT2D eigenvalue weighted by Crippen LogP contribution is 2.32. The molecule has 2 aromatic rings. The average molecular weight is 537 g/mol. The summed E-state index contributed by atoms with van der Waals surface area (Å²) >= 11 is 0. The Kier molecular flexibility index (Phi) is 11.6. The second kappa shape index (κ2) is 15.1. The number of ketones is 1. The molecule has 1 atom stereocenters. The van der Waals surface area contributed by atoms with Crippen LogP contribution in [0, 0.1) is 18.3 Å². The van der Waals surface area contributed by atoms with Gasteiger partial charge in [0.15, 0.2) is 0 Å². The van der Waals surface area contributed by atoms with Crippen LogP contribution in [-0.4, -0.2) is 18.4 Å². The molecule has 0 aromatic heterocycles. The largest absolute Gasteiger partial charge is 0.489 e. The number of hydrogen-bond acceptors (Lipinski definition) is 4. The Hall–Kier alpha value is -3.84. The van der Waals surface area contributed by atoms with Crippen LogP contribution in [0.5, 0.6) is 5.75 Å². The fourth-order valence-electron chi connectivity index (χ4n) is 5.26. The van der Waals surface area contributed by atoms with Crippen molar-refractivity contribution in [1.82, 2.24) is 5.32 Å². The number of benzene rings is 2. The number of allylic oxidation sites excluding steroid dienone is 4. The zero-order valence-electron chi connectivity index (χ0n) is 25.1. The molecule has 210 valence electrons. The molecule has 40 heavy (non-hydrogen) atoms. The number of nitrogens with one attached hydrogen (secondary N) is 1. The predicted molar refractivity (Wildman–Crippen MR) is 167 cm³/mol. The number of hydrogen-bond donors (Lipinski definition) is 1. The van der Waals surface area contributed by atoms with Crippen molar-refractivity contribution in [3.05, 3.63) is 93.7 Å². The van der Waals surface area contributed by atoms with Crippen LogP contribution in [0.2, 0.25) is 0 Å². The molecule has 0 aliphatic carbocycles. The average Bonchev–Trinajstić information content (AvgIpc) is 2.95. The zero-order chi connectivity index (χ0) is 29.1. The van der Waals surface area contributed by atoms with E-state index in [2.05, 4.69) is 88.5 Å². The van der Waals surface area contributed by atoms with Gasteiger partial charge in [-0.2, -0.15) is 5.26 Å². The molecule has 0 amide bonds. The summed E-state index contributed by atoms with van der Waals surface area (Å²) in [6.45, 7) is 13.2. The molecule has 0 saturated carbocycles. The molecule has 4 nitrogen and oxygen atoms in total. The highest BCUT2D eigenvalue weighted by molar-refractivity contribution is 5.76. The van der Waals surface area contributed by atoms with Gasteiger partial charge in [-0.05, 0) is 117 Å². The lowest BCUT2D eigenvalue weighted by Crippen LogP contribution is -2.21. The third-order valence-corrected chi connectivity index (χ3v) is 7.61. The summed E-state index contributed by atoms with van der Waals surface area (Å²) < 4.78 is 6.30. The normalized spacial score (nSPS) is 14.5. The maximum absolute atomic E-state index is 11.4. The van der Waals surface area contributed by atoms with E-state index in [9.17, 15) is 10.1 Å². The van der Waals surface area contributed by atoms with Gasteiger partial charge in [-0.3, -0.25) is 0 Å². The first-order chi connectivity index (χ1) is 19.3. The number of carbonyl (C=O) groups excluding carboxylic acids is 1. The Morgan fingerprint density at radius 1 is 1.15 bits per heavy atom. The van der Waals surface area contributed by atoms with Gasteiger partial charge >= 0.3 is 0 Å². The van der Waals surface area contributed by atoms with Crippen molar-refractivity contribution in [2.45, 2.75) is 86.2 Å². The molecule has 4 heteroatoms. The van der Waals surface area contributed by atoms with E-state index < -0.39 is 0 Å². The Morgan fingerprint density at radius 2 is 1.95 bits per heavy atom. The minimum absolute atomic E-state index is 0.000609. The van der Waals surface area contributed by atoms with E-state index in [1.54, 1.807) is 6.92 Å². The predicted octanol–water partition coefficient (Wildman–Crippen LogP) is 9.01. The van der Waals surface area contributed by atoms with Crippen LogP contribution in [0.15, 0.2) is 77.0 Å². The number of Topliss-reactive ketones (excluding diaryl/α,β-unsaturated/α-hetero) is 1. The second-order valence-electron chi connectivity index (χ2n) is 10.6. The minimum atomic E-state index is 0.000609. The van der Waals surface area contributed by atoms with E-state index in [-0.39, 0.29) is 11.9 Å². The molecule has 0 spiro atoms. The monoisotopic (exact) mass is 536 g/mol. The molecule has 0 radical (unpaired) electrons. The molecule has 3 rings (SSSR count). The van der Waals surface area contributed by atoms with E-state index >= 15 is 0 Å². The van der Waals surface area contributed by atoms with E-state index in [0.29, 0.717) is 17.7 Å². The van der Waals surface area contributed by atoms with Crippen LogP contribution in [0.25, 0.3) is 17.2 Å². The fraction of sp³-hybridized carbons (Fsp3) is 0.389. The lowest BCUT2D eigenvalue weighted by Gasteiger charge is -2.20. The SMILES string of the molecule is C/C=C(/CC)C1=CC=C(/C(C)=C/c2cccc(-c3ccc(OC(CCC)CCCC(C)=O)c(C#N)c3)c2C)NC1. The van der Waals surface area contributed by atoms with Crippen LogP contribution >= 0.6 is 0 Å². The van der Waals surface area contributed by atoms with Crippen molar-refractivity contribution in [3.8, 4) is 22.9 Å². The van der Waals surface area contributed by atoms with Crippen LogP contribution in [0.3, 0.4) is 0 Å². The van der Waals surface area contributed by atoms with Gasteiger partial charge < -0.3 is 14.8 Å². The Balaban J connectivity index is 1.84. The van der Waals surface area contributed by atoms with Gasteiger partial charge in [0, 0.05) is 18.7 Å². The summed E-state index contributed by atoms with van der Waals surface area (Å²) in [7, 11) is 0. The smallest absolute Gasteiger partial charge is 0.137 e. The van der Waals surface area contributed by atoms with Crippen LogP contribution in [0.1, 0.15) is 89.8 Å². The first kappa shape index (κ1) is 30.7. The van der Waals surface area contributed by atoms with Gasteiger partial charge in [-0.1, -0.05) is 56.7 Å². The highest BCUT2D eigenvalue weighted by atomic mass is 16.5. The van der Waals surface area contributed by atoms with E-state index in [4.69, 9.17) is 4.74 Å². The molecule has 1 heterocycles. The molecular formula is C36H44N2O2. The van der Waals surface area contributed by atoms with Crippen molar-refractivity contribution < 1.29 is 9.53 Å². The minimum Gasteiger partial charge on any atom is -0.489 e. The van der Waals surface area contributed by atoms with E-state index in [0.717, 1.165) is 61.0 Å².